The van der Waals surface area contributed by atoms with Gasteiger partial charge in [-0.05, 0) is 50.9 Å². The smallest absolute Gasteiger partial charge is 0.229 e. The minimum absolute atomic E-state index is 0.417. The summed E-state index contributed by atoms with van der Waals surface area (Å²) in [5, 5.41) is 4.19. The lowest BCUT2D eigenvalue weighted by Crippen LogP contribution is -2.34. The van der Waals surface area contributed by atoms with Crippen LogP contribution >= 0.6 is 0 Å². The van der Waals surface area contributed by atoms with Gasteiger partial charge >= 0.3 is 0 Å². The van der Waals surface area contributed by atoms with Gasteiger partial charge in [-0.15, -0.1) is 0 Å². The fourth-order valence-corrected chi connectivity index (χ4v) is 3.74. The van der Waals surface area contributed by atoms with E-state index in [0.29, 0.717) is 12.5 Å². The SMILES string of the molecule is c1ccc2c(c1)ncn2Cc1noc(C2CCN(C3CC3)CC2)n1. The molecule has 0 unspecified atom stereocenters. The second kappa shape index (κ2) is 5.70. The number of piperidine rings is 1. The lowest BCUT2D eigenvalue weighted by Gasteiger charge is -2.30. The molecule has 0 amide bonds. The zero-order valence-electron chi connectivity index (χ0n) is 13.6. The molecule has 124 valence electrons. The third kappa shape index (κ3) is 2.60. The number of hydrogen-bond acceptors (Lipinski definition) is 5. The second-order valence-corrected chi connectivity index (χ2v) is 6.95. The van der Waals surface area contributed by atoms with Gasteiger partial charge in [-0.3, -0.25) is 0 Å². The highest BCUT2D eigenvalue weighted by Gasteiger charge is 2.33. The van der Waals surface area contributed by atoms with Crippen LogP contribution in [0.5, 0.6) is 0 Å². The Labute approximate surface area is 140 Å². The molecule has 1 aliphatic carbocycles. The Morgan fingerprint density at radius 2 is 1.92 bits per heavy atom. The molecule has 5 rings (SSSR count). The molecule has 1 saturated heterocycles. The van der Waals surface area contributed by atoms with Crippen molar-refractivity contribution in [1.29, 1.82) is 0 Å². The summed E-state index contributed by atoms with van der Waals surface area (Å²) in [6, 6.07) is 8.97. The third-order valence-electron chi connectivity index (χ3n) is 5.26. The van der Waals surface area contributed by atoms with Crippen LogP contribution in [0.2, 0.25) is 0 Å². The van der Waals surface area contributed by atoms with Crippen molar-refractivity contribution >= 4 is 11.0 Å². The van der Waals surface area contributed by atoms with Gasteiger partial charge in [0.2, 0.25) is 5.89 Å². The van der Waals surface area contributed by atoms with E-state index in [1.165, 1.54) is 25.9 Å². The molecule has 0 radical (unpaired) electrons. The highest BCUT2D eigenvalue weighted by atomic mass is 16.5. The lowest BCUT2D eigenvalue weighted by atomic mass is 9.97. The van der Waals surface area contributed by atoms with Crippen LogP contribution in [0.3, 0.4) is 0 Å². The zero-order valence-corrected chi connectivity index (χ0v) is 13.6. The Morgan fingerprint density at radius 3 is 2.75 bits per heavy atom. The maximum atomic E-state index is 5.56. The van der Waals surface area contributed by atoms with Gasteiger partial charge in [0.25, 0.3) is 0 Å². The quantitative estimate of drug-likeness (QED) is 0.739. The van der Waals surface area contributed by atoms with Gasteiger partial charge in [0.1, 0.15) is 0 Å². The van der Waals surface area contributed by atoms with Crippen molar-refractivity contribution in [2.24, 2.45) is 0 Å². The molecule has 1 aromatic carbocycles. The van der Waals surface area contributed by atoms with Crippen LogP contribution in [-0.4, -0.2) is 43.7 Å². The Kier molecular flexibility index (Phi) is 3.36. The molecule has 0 N–H and O–H groups in total. The number of nitrogens with zero attached hydrogens (tertiary/aromatic N) is 5. The molecule has 0 bridgehead atoms. The van der Waals surface area contributed by atoms with E-state index in [9.17, 15) is 0 Å². The van der Waals surface area contributed by atoms with Crippen molar-refractivity contribution in [3.05, 3.63) is 42.3 Å². The summed E-state index contributed by atoms with van der Waals surface area (Å²) in [5.74, 6) is 1.96. The monoisotopic (exact) mass is 323 g/mol. The zero-order chi connectivity index (χ0) is 15.9. The van der Waals surface area contributed by atoms with E-state index in [1.807, 2.05) is 24.5 Å². The van der Waals surface area contributed by atoms with Crippen LogP contribution in [0.15, 0.2) is 35.1 Å². The number of para-hydroxylation sites is 2. The summed E-state index contributed by atoms with van der Waals surface area (Å²) in [7, 11) is 0. The van der Waals surface area contributed by atoms with Gasteiger partial charge in [0.05, 0.1) is 23.9 Å². The van der Waals surface area contributed by atoms with Crippen molar-refractivity contribution in [1.82, 2.24) is 24.6 Å². The standard InChI is InChI=1S/C18H21N5O/c1-2-4-16-15(3-1)19-12-23(16)11-17-20-18(24-21-17)13-7-9-22(10-8-13)14-5-6-14/h1-4,12-14H,5-11H2. The van der Waals surface area contributed by atoms with Gasteiger partial charge in [-0.25, -0.2) is 4.98 Å². The molecule has 6 nitrogen and oxygen atoms in total. The van der Waals surface area contributed by atoms with Crippen LogP contribution in [0.25, 0.3) is 11.0 Å². The first-order chi connectivity index (χ1) is 11.9. The molecule has 3 aromatic rings. The van der Waals surface area contributed by atoms with Gasteiger partial charge in [-0.1, -0.05) is 17.3 Å². The summed E-state index contributed by atoms with van der Waals surface area (Å²) in [6.07, 6.45) is 6.87. The molecule has 1 saturated carbocycles. The molecule has 6 heteroatoms. The van der Waals surface area contributed by atoms with E-state index in [1.54, 1.807) is 0 Å². The van der Waals surface area contributed by atoms with E-state index < -0.39 is 0 Å². The maximum Gasteiger partial charge on any atom is 0.229 e. The second-order valence-electron chi connectivity index (χ2n) is 6.95. The normalized spacial score (nSPS) is 20.0. The van der Waals surface area contributed by atoms with Crippen LogP contribution in [0.1, 0.15) is 43.3 Å². The van der Waals surface area contributed by atoms with E-state index in [-0.39, 0.29) is 0 Å². The average molecular weight is 323 g/mol. The van der Waals surface area contributed by atoms with Crippen molar-refractivity contribution in [3.8, 4) is 0 Å². The third-order valence-corrected chi connectivity index (χ3v) is 5.26. The van der Waals surface area contributed by atoms with E-state index >= 15 is 0 Å². The van der Waals surface area contributed by atoms with E-state index in [2.05, 4.69) is 30.7 Å². The van der Waals surface area contributed by atoms with Crippen LogP contribution < -0.4 is 0 Å². The van der Waals surface area contributed by atoms with E-state index in [0.717, 1.165) is 41.6 Å². The molecule has 0 atom stereocenters. The molecular weight excluding hydrogens is 302 g/mol. The maximum absolute atomic E-state index is 5.56. The predicted molar refractivity (Wildman–Crippen MR) is 89.7 cm³/mol. The fourth-order valence-electron chi connectivity index (χ4n) is 3.74. The van der Waals surface area contributed by atoms with Crippen molar-refractivity contribution in [3.63, 3.8) is 0 Å². The van der Waals surface area contributed by atoms with Crippen LogP contribution in [0.4, 0.5) is 0 Å². The molecule has 0 spiro atoms. The number of aromatic nitrogens is 4. The van der Waals surface area contributed by atoms with E-state index in [4.69, 9.17) is 4.52 Å². The number of rotatable bonds is 4. The number of likely N-dealkylation sites (tertiary alicyclic amines) is 1. The first-order valence-electron chi connectivity index (χ1n) is 8.83. The molecule has 2 aliphatic rings. The molecular formula is C18H21N5O. The number of fused-ring (bicyclic) bond motifs is 1. The topological polar surface area (TPSA) is 60.0 Å². The Balaban J connectivity index is 1.29. The first-order valence-corrected chi connectivity index (χ1v) is 8.83. The minimum Gasteiger partial charge on any atom is -0.339 e. The Morgan fingerprint density at radius 1 is 1.08 bits per heavy atom. The van der Waals surface area contributed by atoms with Crippen LogP contribution in [0, 0.1) is 0 Å². The van der Waals surface area contributed by atoms with Gasteiger partial charge < -0.3 is 14.0 Å². The summed E-state index contributed by atoms with van der Waals surface area (Å²) in [4.78, 5) is 11.7. The Bertz CT molecular complexity index is 842. The largest absolute Gasteiger partial charge is 0.339 e. The van der Waals surface area contributed by atoms with Gasteiger partial charge in [0, 0.05) is 12.0 Å². The number of benzene rings is 1. The number of hydrogen-bond donors (Lipinski definition) is 0. The summed E-state index contributed by atoms with van der Waals surface area (Å²) in [6.45, 7) is 2.93. The molecule has 1 aliphatic heterocycles. The first kappa shape index (κ1) is 14.2. The molecule has 3 heterocycles. The van der Waals surface area contributed by atoms with Crippen molar-refractivity contribution in [2.45, 2.75) is 44.2 Å². The highest BCUT2D eigenvalue weighted by Crippen LogP contribution is 2.34. The molecule has 2 aromatic heterocycles. The van der Waals surface area contributed by atoms with Crippen LogP contribution in [-0.2, 0) is 6.54 Å². The molecule has 24 heavy (non-hydrogen) atoms. The van der Waals surface area contributed by atoms with Gasteiger partial charge in [0.15, 0.2) is 5.82 Å². The summed E-state index contributed by atoms with van der Waals surface area (Å²) < 4.78 is 7.63. The minimum atomic E-state index is 0.417. The summed E-state index contributed by atoms with van der Waals surface area (Å²) in [5.41, 5.74) is 2.09. The van der Waals surface area contributed by atoms with Gasteiger partial charge in [-0.2, -0.15) is 4.98 Å². The predicted octanol–water partition coefficient (Wildman–Crippen LogP) is 2.81. The van der Waals surface area contributed by atoms with Crippen molar-refractivity contribution in [2.75, 3.05) is 13.1 Å². The highest BCUT2D eigenvalue weighted by molar-refractivity contribution is 5.74. The fraction of sp³-hybridized carbons (Fsp3) is 0.500. The average Bonchev–Trinajstić information content (AvgIpc) is 3.25. The number of imidazole rings is 1. The van der Waals surface area contributed by atoms with Crippen molar-refractivity contribution < 1.29 is 4.52 Å². The molecule has 2 fully saturated rings. The Hall–Kier alpha value is -2.21. The summed E-state index contributed by atoms with van der Waals surface area (Å²) >= 11 is 0. The lowest BCUT2D eigenvalue weighted by molar-refractivity contribution is 0.186.